The van der Waals surface area contributed by atoms with Crippen LogP contribution in [0.1, 0.15) is 26.5 Å². The zero-order chi connectivity index (χ0) is 22.2. The summed E-state index contributed by atoms with van der Waals surface area (Å²) in [5.74, 6) is -0.0130. The Balaban J connectivity index is 1.54. The van der Waals surface area contributed by atoms with Gasteiger partial charge in [-0.05, 0) is 48.5 Å². The highest BCUT2D eigenvalue weighted by Gasteiger charge is 2.10. The molecule has 3 amide bonds. The Labute approximate surface area is 180 Å². The SMILES string of the molecule is CN(C)C(=O)c1cccc(NCC(=O)Nc2cccc(C(=O)NCc3ccco3)c2)c1. The van der Waals surface area contributed by atoms with Crippen molar-refractivity contribution in [3.8, 4) is 0 Å². The molecule has 8 heteroatoms. The molecule has 0 saturated heterocycles. The van der Waals surface area contributed by atoms with Crippen LogP contribution < -0.4 is 16.0 Å². The zero-order valence-electron chi connectivity index (χ0n) is 17.3. The van der Waals surface area contributed by atoms with Crippen molar-refractivity contribution in [3.63, 3.8) is 0 Å². The Kier molecular flexibility index (Phi) is 7.05. The van der Waals surface area contributed by atoms with Crippen molar-refractivity contribution >= 4 is 29.1 Å². The molecule has 1 aromatic heterocycles. The smallest absolute Gasteiger partial charge is 0.253 e. The molecule has 31 heavy (non-hydrogen) atoms. The Morgan fingerprint density at radius 3 is 2.32 bits per heavy atom. The van der Waals surface area contributed by atoms with Crippen molar-refractivity contribution in [3.05, 3.63) is 83.8 Å². The summed E-state index contributed by atoms with van der Waals surface area (Å²) in [5, 5.41) is 8.52. The monoisotopic (exact) mass is 420 g/mol. The fourth-order valence-electron chi connectivity index (χ4n) is 2.83. The van der Waals surface area contributed by atoms with E-state index in [1.165, 1.54) is 4.90 Å². The van der Waals surface area contributed by atoms with Crippen molar-refractivity contribution < 1.29 is 18.8 Å². The van der Waals surface area contributed by atoms with E-state index >= 15 is 0 Å². The van der Waals surface area contributed by atoms with Crippen molar-refractivity contribution in [2.45, 2.75) is 6.54 Å². The molecule has 8 nitrogen and oxygen atoms in total. The number of anilines is 2. The summed E-state index contributed by atoms with van der Waals surface area (Å²) in [6, 6.07) is 17.1. The quantitative estimate of drug-likeness (QED) is 0.520. The molecular weight excluding hydrogens is 396 g/mol. The fraction of sp³-hybridized carbons (Fsp3) is 0.174. The van der Waals surface area contributed by atoms with Gasteiger partial charge in [-0.2, -0.15) is 0 Å². The number of carbonyl (C=O) groups is 3. The van der Waals surface area contributed by atoms with Crippen molar-refractivity contribution in [2.75, 3.05) is 31.3 Å². The van der Waals surface area contributed by atoms with E-state index in [0.717, 1.165) is 0 Å². The van der Waals surface area contributed by atoms with E-state index in [-0.39, 0.29) is 30.8 Å². The van der Waals surface area contributed by atoms with Crippen molar-refractivity contribution in [1.29, 1.82) is 0 Å². The topological polar surface area (TPSA) is 104 Å². The number of hydrogen-bond donors (Lipinski definition) is 3. The van der Waals surface area contributed by atoms with Gasteiger partial charge in [0.2, 0.25) is 5.91 Å². The summed E-state index contributed by atoms with van der Waals surface area (Å²) in [6.07, 6.45) is 1.54. The first-order valence-electron chi connectivity index (χ1n) is 9.68. The van der Waals surface area contributed by atoms with Gasteiger partial charge in [-0.15, -0.1) is 0 Å². The van der Waals surface area contributed by atoms with Gasteiger partial charge in [0.25, 0.3) is 11.8 Å². The van der Waals surface area contributed by atoms with Gasteiger partial charge in [0.15, 0.2) is 0 Å². The highest BCUT2D eigenvalue weighted by atomic mass is 16.3. The first-order chi connectivity index (χ1) is 14.9. The minimum Gasteiger partial charge on any atom is -0.467 e. The van der Waals surface area contributed by atoms with E-state index in [0.29, 0.717) is 28.3 Å². The molecule has 3 aromatic rings. The maximum Gasteiger partial charge on any atom is 0.253 e. The van der Waals surface area contributed by atoms with Crippen LogP contribution in [0.15, 0.2) is 71.3 Å². The zero-order valence-corrected chi connectivity index (χ0v) is 17.3. The van der Waals surface area contributed by atoms with Crippen LogP contribution in [0.25, 0.3) is 0 Å². The van der Waals surface area contributed by atoms with Crippen LogP contribution in [0, 0.1) is 0 Å². The molecule has 0 fully saturated rings. The molecule has 3 rings (SSSR count). The highest BCUT2D eigenvalue weighted by molar-refractivity contribution is 5.98. The minimum absolute atomic E-state index is 0.00846. The second kappa shape index (κ2) is 10.1. The van der Waals surface area contributed by atoms with E-state index < -0.39 is 0 Å². The molecule has 0 atom stereocenters. The normalized spacial score (nSPS) is 10.3. The second-order valence-electron chi connectivity index (χ2n) is 7.02. The highest BCUT2D eigenvalue weighted by Crippen LogP contribution is 2.13. The van der Waals surface area contributed by atoms with E-state index in [4.69, 9.17) is 4.42 Å². The lowest BCUT2D eigenvalue weighted by molar-refractivity contribution is -0.114. The third kappa shape index (κ3) is 6.20. The van der Waals surface area contributed by atoms with Gasteiger partial charge in [-0.25, -0.2) is 0 Å². The fourth-order valence-corrected chi connectivity index (χ4v) is 2.83. The van der Waals surface area contributed by atoms with Crippen LogP contribution in [0.5, 0.6) is 0 Å². The van der Waals surface area contributed by atoms with E-state index in [2.05, 4.69) is 16.0 Å². The van der Waals surface area contributed by atoms with Crippen LogP contribution in [0.4, 0.5) is 11.4 Å². The molecule has 0 saturated carbocycles. The maximum absolute atomic E-state index is 12.3. The van der Waals surface area contributed by atoms with Crippen LogP contribution in [-0.2, 0) is 11.3 Å². The van der Waals surface area contributed by atoms with Crippen molar-refractivity contribution in [1.82, 2.24) is 10.2 Å². The lowest BCUT2D eigenvalue weighted by Gasteiger charge is -2.12. The summed E-state index contributed by atoms with van der Waals surface area (Å²) in [4.78, 5) is 38.2. The van der Waals surface area contributed by atoms with E-state index in [1.54, 1.807) is 81.0 Å². The molecule has 0 aliphatic rings. The molecular formula is C23H24N4O4. The third-order valence-electron chi connectivity index (χ3n) is 4.38. The standard InChI is InChI=1S/C23H24N4O4/c1-27(2)23(30)17-7-4-8-18(13-17)24-15-21(28)26-19-9-3-6-16(12-19)22(29)25-14-20-10-5-11-31-20/h3-13,24H,14-15H2,1-2H3,(H,25,29)(H,26,28). The van der Waals surface area contributed by atoms with Crippen LogP contribution in [0.2, 0.25) is 0 Å². The van der Waals surface area contributed by atoms with Gasteiger partial charge < -0.3 is 25.3 Å². The molecule has 0 aliphatic heterocycles. The Hall–Kier alpha value is -4.07. The summed E-state index contributed by atoms with van der Waals surface area (Å²) in [7, 11) is 3.36. The Morgan fingerprint density at radius 2 is 1.61 bits per heavy atom. The van der Waals surface area contributed by atoms with Crippen LogP contribution in [-0.4, -0.2) is 43.3 Å². The molecule has 0 unspecified atom stereocenters. The Morgan fingerprint density at radius 1 is 0.903 bits per heavy atom. The van der Waals surface area contributed by atoms with Crippen LogP contribution >= 0.6 is 0 Å². The Bertz CT molecular complexity index is 1060. The number of hydrogen-bond acceptors (Lipinski definition) is 5. The summed E-state index contributed by atoms with van der Waals surface area (Å²) >= 11 is 0. The lowest BCUT2D eigenvalue weighted by atomic mass is 10.1. The van der Waals surface area contributed by atoms with Crippen molar-refractivity contribution in [2.24, 2.45) is 0 Å². The number of carbonyl (C=O) groups excluding carboxylic acids is 3. The first kappa shape index (κ1) is 21.6. The number of furan rings is 1. The number of nitrogens with one attached hydrogen (secondary N) is 3. The molecule has 1 heterocycles. The number of benzene rings is 2. The summed E-state index contributed by atoms with van der Waals surface area (Å²) < 4.78 is 5.19. The average molecular weight is 420 g/mol. The van der Waals surface area contributed by atoms with Gasteiger partial charge in [-0.1, -0.05) is 12.1 Å². The molecule has 0 spiro atoms. The predicted molar refractivity (Wildman–Crippen MR) is 118 cm³/mol. The maximum atomic E-state index is 12.3. The predicted octanol–water partition coefficient (Wildman–Crippen LogP) is 2.96. The number of amides is 3. The summed E-state index contributed by atoms with van der Waals surface area (Å²) in [5.41, 5.74) is 2.12. The number of rotatable bonds is 8. The molecule has 0 radical (unpaired) electrons. The molecule has 3 N–H and O–H groups in total. The van der Waals surface area contributed by atoms with Gasteiger partial charge in [0.05, 0.1) is 19.4 Å². The van der Waals surface area contributed by atoms with E-state index in [9.17, 15) is 14.4 Å². The van der Waals surface area contributed by atoms with Gasteiger partial charge in [0, 0.05) is 36.6 Å². The molecule has 160 valence electrons. The average Bonchev–Trinajstić information content (AvgIpc) is 3.29. The lowest BCUT2D eigenvalue weighted by Crippen LogP contribution is -2.24. The van der Waals surface area contributed by atoms with Gasteiger partial charge in [0.1, 0.15) is 5.76 Å². The molecule has 2 aromatic carbocycles. The van der Waals surface area contributed by atoms with Gasteiger partial charge >= 0.3 is 0 Å². The van der Waals surface area contributed by atoms with E-state index in [1.807, 2.05) is 0 Å². The number of nitrogens with zero attached hydrogens (tertiary/aromatic N) is 1. The third-order valence-corrected chi connectivity index (χ3v) is 4.38. The largest absolute Gasteiger partial charge is 0.467 e. The molecule has 0 bridgehead atoms. The second-order valence-corrected chi connectivity index (χ2v) is 7.02. The minimum atomic E-state index is -0.280. The van der Waals surface area contributed by atoms with Crippen LogP contribution in [0.3, 0.4) is 0 Å². The van der Waals surface area contributed by atoms with Gasteiger partial charge in [-0.3, -0.25) is 14.4 Å². The summed E-state index contributed by atoms with van der Waals surface area (Å²) in [6.45, 7) is 0.288. The first-order valence-corrected chi connectivity index (χ1v) is 9.68. The molecule has 0 aliphatic carbocycles.